The monoisotopic (exact) mass is 248 g/mol. The lowest BCUT2D eigenvalue weighted by Crippen LogP contribution is -2.22. The number of hydrogen-bond donors (Lipinski definition) is 2. The van der Waals surface area contributed by atoms with Gasteiger partial charge in [-0.15, -0.1) is 0 Å². The summed E-state index contributed by atoms with van der Waals surface area (Å²) in [6.45, 7) is 1.96. The lowest BCUT2D eigenvalue weighted by atomic mass is 10.1. The summed E-state index contributed by atoms with van der Waals surface area (Å²) in [5.74, 6) is -0.302. The van der Waals surface area contributed by atoms with E-state index in [0.717, 1.165) is 30.5 Å². The summed E-state index contributed by atoms with van der Waals surface area (Å²) >= 11 is 0. The molecule has 0 aromatic heterocycles. The molecule has 0 heterocycles. The smallest absolute Gasteiger partial charge is 0.339 e. The van der Waals surface area contributed by atoms with E-state index >= 15 is 0 Å². The minimum absolute atomic E-state index is 0.273. The van der Waals surface area contributed by atoms with Crippen molar-refractivity contribution in [2.45, 2.75) is 38.3 Å². The van der Waals surface area contributed by atoms with E-state index in [-0.39, 0.29) is 12.0 Å². The highest BCUT2D eigenvalue weighted by Gasteiger charge is 2.23. The summed E-state index contributed by atoms with van der Waals surface area (Å²) in [6, 6.07) is 6.40. The van der Waals surface area contributed by atoms with Crippen molar-refractivity contribution < 1.29 is 9.53 Å². The second kappa shape index (κ2) is 5.40. The number of benzene rings is 1. The van der Waals surface area contributed by atoms with Gasteiger partial charge in [0.25, 0.3) is 0 Å². The van der Waals surface area contributed by atoms with E-state index in [1.165, 1.54) is 7.11 Å². The number of methoxy groups -OCH3 is 1. The van der Waals surface area contributed by atoms with E-state index in [9.17, 15) is 4.79 Å². The molecule has 98 valence electrons. The molecule has 1 aliphatic carbocycles. The number of nitrogens with one attached hydrogen (secondary N) is 1. The second-order valence-electron chi connectivity index (χ2n) is 4.96. The molecule has 4 nitrogen and oxygen atoms in total. The molecule has 0 amide bonds. The Balaban J connectivity index is 2.18. The molecule has 0 bridgehead atoms. The van der Waals surface area contributed by atoms with Crippen LogP contribution in [0.3, 0.4) is 0 Å². The maximum atomic E-state index is 11.7. The van der Waals surface area contributed by atoms with Crippen LogP contribution in [0.2, 0.25) is 0 Å². The zero-order chi connectivity index (χ0) is 13.1. The van der Waals surface area contributed by atoms with E-state index < -0.39 is 0 Å². The Bertz CT molecular complexity index is 445. The Morgan fingerprint density at radius 3 is 2.83 bits per heavy atom. The van der Waals surface area contributed by atoms with Crippen molar-refractivity contribution in [2.24, 2.45) is 5.73 Å². The highest BCUT2D eigenvalue weighted by Crippen LogP contribution is 2.25. The number of hydrogen-bond acceptors (Lipinski definition) is 4. The van der Waals surface area contributed by atoms with Gasteiger partial charge in [-0.1, -0.05) is 11.6 Å². The first-order valence-corrected chi connectivity index (χ1v) is 6.31. The van der Waals surface area contributed by atoms with Crippen LogP contribution >= 0.6 is 0 Å². The molecule has 0 radical (unpaired) electrons. The highest BCUT2D eigenvalue weighted by molar-refractivity contribution is 5.95. The molecule has 2 rings (SSSR count). The lowest BCUT2D eigenvalue weighted by Gasteiger charge is -2.17. The molecule has 1 aliphatic rings. The number of nitrogens with two attached hydrogens (primary N) is 1. The van der Waals surface area contributed by atoms with Crippen molar-refractivity contribution in [2.75, 3.05) is 12.4 Å². The van der Waals surface area contributed by atoms with E-state index in [4.69, 9.17) is 10.5 Å². The molecular formula is C14H20N2O2. The summed E-state index contributed by atoms with van der Waals surface area (Å²) in [7, 11) is 1.40. The number of esters is 1. The Kier molecular flexibility index (Phi) is 3.87. The van der Waals surface area contributed by atoms with Gasteiger partial charge in [0.2, 0.25) is 0 Å². The Morgan fingerprint density at radius 2 is 2.22 bits per heavy atom. The fourth-order valence-corrected chi connectivity index (χ4v) is 2.43. The first-order valence-electron chi connectivity index (χ1n) is 6.31. The summed E-state index contributed by atoms with van der Waals surface area (Å²) in [5, 5.41) is 3.40. The van der Waals surface area contributed by atoms with Gasteiger partial charge >= 0.3 is 5.97 Å². The molecule has 1 aromatic carbocycles. The normalized spacial score (nSPS) is 22.8. The quantitative estimate of drug-likeness (QED) is 0.804. The molecule has 2 atom stereocenters. The average molecular weight is 248 g/mol. The molecule has 1 aromatic rings. The van der Waals surface area contributed by atoms with Gasteiger partial charge in [0.05, 0.1) is 12.7 Å². The fraction of sp³-hybridized carbons (Fsp3) is 0.500. The largest absolute Gasteiger partial charge is 0.465 e. The van der Waals surface area contributed by atoms with Crippen molar-refractivity contribution in [1.82, 2.24) is 0 Å². The van der Waals surface area contributed by atoms with Crippen LogP contribution in [0.15, 0.2) is 18.2 Å². The third-order valence-corrected chi connectivity index (χ3v) is 3.41. The predicted molar refractivity (Wildman–Crippen MR) is 71.8 cm³/mol. The van der Waals surface area contributed by atoms with E-state index in [2.05, 4.69) is 5.32 Å². The van der Waals surface area contributed by atoms with Gasteiger partial charge in [0.15, 0.2) is 0 Å². The van der Waals surface area contributed by atoms with Gasteiger partial charge in [0.1, 0.15) is 0 Å². The van der Waals surface area contributed by atoms with Crippen LogP contribution in [0.5, 0.6) is 0 Å². The average Bonchev–Trinajstić information content (AvgIpc) is 2.76. The van der Waals surface area contributed by atoms with Crippen LogP contribution in [0.1, 0.15) is 35.2 Å². The van der Waals surface area contributed by atoms with Crippen molar-refractivity contribution in [1.29, 1.82) is 0 Å². The number of ether oxygens (including phenoxy) is 1. The fourth-order valence-electron chi connectivity index (χ4n) is 2.43. The molecule has 0 spiro atoms. The third kappa shape index (κ3) is 2.82. The molecular weight excluding hydrogens is 228 g/mol. The molecule has 0 saturated heterocycles. The molecule has 1 saturated carbocycles. The molecule has 18 heavy (non-hydrogen) atoms. The van der Waals surface area contributed by atoms with Crippen LogP contribution in [0.4, 0.5) is 5.69 Å². The summed E-state index contributed by atoms with van der Waals surface area (Å²) in [6.07, 6.45) is 3.04. The van der Waals surface area contributed by atoms with E-state index in [1.807, 2.05) is 25.1 Å². The Morgan fingerprint density at radius 1 is 1.44 bits per heavy atom. The van der Waals surface area contributed by atoms with Crippen molar-refractivity contribution >= 4 is 11.7 Å². The number of rotatable bonds is 3. The van der Waals surface area contributed by atoms with Crippen LogP contribution < -0.4 is 11.1 Å². The first kappa shape index (κ1) is 12.9. The van der Waals surface area contributed by atoms with Crippen LogP contribution in [0, 0.1) is 6.92 Å². The summed E-state index contributed by atoms with van der Waals surface area (Å²) in [4.78, 5) is 11.7. The summed E-state index contributed by atoms with van der Waals surface area (Å²) < 4.78 is 4.81. The minimum Gasteiger partial charge on any atom is -0.465 e. The number of aryl methyl sites for hydroxylation is 1. The van der Waals surface area contributed by atoms with Crippen LogP contribution in [-0.2, 0) is 4.74 Å². The van der Waals surface area contributed by atoms with Crippen molar-refractivity contribution in [3.63, 3.8) is 0 Å². The molecule has 3 N–H and O–H groups in total. The SMILES string of the molecule is COC(=O)c1cc(C)ccc1NC1CCC(N)C1. The second-order valence-corrected chi connectivity index (χ2v) is 4.96. The van der Waals surface area contributed by atoms with Crippen molar-refractivity contribution in [3.8, 4) is 0 Å². The zero-order valence-electron chi connectivity index (χ0n) is 10.9. The maximum Gasteiger partial charge on any atom is 0.339 e. The lowest BCUT2D eigenvalue weighted by molar-refractivity contribution is 0.0601. The van der Waals surface area contributed by atoms with Gasteiger partial charge < -0.3 is 15.8 Å². The van der Waals surface area contributed by atoms with E-state index in [1.54, 1.807) is 0 Å². The molecule has 4 heteroatoms. The van der Waals surface area contributed by atoms with Crippen LogP contribution in [-0.4, -0.2) is 25.2 Å². The van der Waals surface area contributed by atoms with Gasteiger partial charge in [0, 0.05) is 17.8 Å². The number of anilines is 1. The molecule has 1 fully saturated rings. The number of carbonyl (C=O) groups is 1. The summed E-state index contributed by atoms with van der Waals surface area (Å²) in [5.41, 5.74) is 8.38. The van der Waals surface area contributed by atoms with Crippen LogP contribution in [0.25, 0.3) is 0 Å². The maximum absolute atomic E-state index is 11.7. The Hall–Kier alpha value is -1.55. The van der Waals surface area contributed by atoms with E-state index in [0.29, 0.717) is 11.6 Å². The van der Waals surface area contributed by atoms with Crippen molar-refractivity contribution in [3.05, 3.63) is 29.3 Å². The third-order valence-electron chi connectivity index (χ3n) is 3.41. The van der Waals surface area contributed by atoms with Gasteiger partial charge in [-0.2, -0.15) is 0 Å². The Labute approximate surface area is 108 Å². The molecule has 0 aliphatic heterocycles. The zero-order valence-corrected chi connectivity index (χ0v) is 10.9. The number of carbonyl (C=O) groups excluding carboxylic acids is 1. The minimum atomic E-state index is -0.302. The standard InChI is InChI=1S/C14H20N2O2/c1-9-3-6-13(12(7-9)14(17)18-2)16-11-5-4-10(15)8-11/h3,6-7,10-11,16H,4-5,8,15H2,1-2H3. The van der Waals surface area contributed by atoms with Gasteiger partial charge in [-0.05, 0) is 38.3 Å². The highest BCUT2D eigenvalue weighted by atomic mass is 16.5. The predicted octanol–water partition coefficient (Wildman–Crippen LogP) is 2.07. The topological polar surface area (TPSA) is 64.3 Å². The van der Waals surface area contributed by atoms with Gasteiger partial charge in [-0.25, -0.2) is 4.79 Å². The van der Waals surface area contributed by atoms with Gasteiger partial charge in [-0.3, -0.25) is 0 Å². The molecule has 2 unspecified atom stereocenters. The first-order chi connectivity index (χ1) is 8.60.